The Bertz CT molecular complexity index is 1160. The first-order valence-corrected chi connectivity index (χ1v) is 10.2. The molecule has 0 spiro atoms. The van der Waals surface area contributed by atoms with Gasteiger partial charge in [0.2, 0.25) is 11.8 Å². The Hall–Kier alpha value is -3.94. The number of nitrogens with one attached hydrogen (secondary N) is 2. The molecule has 1 unspecified atom stereocenters. The first kappa shape index (κ1) is 21.3. The number of carbonyl (C=O) groups excluding carboxylic acids is 3. The highest BCUT2D eigenvalue weighted by atomic mass is 19.1. The van der Waals surface area contributed by atoms with Crippen LogP contribution in [0.5, 0.6) is 0 Å². The predicted molar refractivity (Wildman–Crippen MR) is 117 cm³/mol. The van der Waals surface area contributed by atoms with Crippen LogP contribution in [0.1, 0.15) is 28.1 Å². The standard InChI is InChI=1S/C24H22FN3O4/c1-15-8-9-21(19(25)11-15)28-14-16(12-22(28)29)23(30)27-20-7-3-2-6-18(20)24(31)26-13-17-5-4-10-32-17/h2-11,16H,12-14H2,1H3,(H,26,31)(H,27,30). The summed E-state index contributed by atoms with van der Waals surface area (Å²) < 4.78 is 19.5. The van der Waals surface area contributed by atoms with Gasteiger partial charge in [-0.05, 0) is 48.9 Å². The molecular formula is C24H22FN3O4. The van der Waals surface area contributed by atoms with E-state index in [-0.39, 0.29) is 42.6 Å². The van der Waals surface area contributed by atoms with Gasteiger partial charge in [0.15, 0.2) is 0 Å². The lowest BCUT2D eigenvalue weighted by molar-refractivity contribution is -0.122. The molecule has 1 atom stereocenters. The van der Waals surface area contributed by atoms with Crippen LogP contribution in [-0.2, 0) is 16.1 Å². The lowest BCUT2D eigenvalue weighted by Gasteiger charge is -2.18. The topological polar surface area (TPSA) is 91.7 Å². The predicted octanol–water partition coefficient (Wildman–Crippen LogP) is 3.65. The number of amides is 3. The molecule has 7 nitrogen and oxygen atoms in total. The normalized spacial score (nSPS) is 15.6. The first-order chi connectivity index (χ1) is 15.4. The summed E-state index contributed by atoms with van der Waals surface area (Å²) in [7, 11) is 0. The first-order valence-electron chi connectivity index (χ1n) is 10.2. The summed E-state index contributed by atoms with van der Waals surface area (Å²) in [6.45, 7) is 2.04. The van der Waals surface area contributed by atoms with Crippen molar-refractivity contribution in [1.82, 2.24) is 5.32 Å². The zero-order chi connectivity index (χ0) is 22.7. The molecule has 1 aliphatic heterocycles. The average Bonchev–Trinajstić information content (AvgIpc) is 3.42. The number of nitrogens with zero attached hydrogens (tertiary/aromatic N) is 1. The van der Waals surface area contributed by atoms with Crippen molar-refractivity contribution in [2.45, 2.75) is 19.9 Å². The molecule has 164 valence electrons. The van der Waals surface area contributed by atoms with Crippen molar-refractivity contribution in [1.29, 1.82) is 0 Å². The van der Waals surface area contributed by atoms with Gasteiger partial charge in [-0.25, -0.2) is 4.39 Å². The van der Waals surface area contributed by atoms with Gasteiger partial charge in [-0.15, -0.1) is 0 Å². The molecular weight excluding hydrogens is 413 g/mol. The third-order valence-electron chi connectivity index (χ3n) is 5.32. The molecule has 3 aromatic rings. The molecule has 0 bridgehead atoms. The van der Waals surface area contributed by atoms with Gasteiger partial charge in [-0.1, -0.05) is 18.2 Å². The smallest absolute Gasteiger partial charge is 0.253 e. The summed E-state index contributed by atoms with van der Waals surface area (Å²) in [4.78, 5) is 39.2. The van der Waals surface area contributed by atoms with Crippen LogP contribution in [0.25, 0.3) is 0 Å². The van der Waals surface area contributed by atoms with Gasteiger partial charge in [0.05, 0.1) is 35.7 Å². The SMILES string of the molecule is Cc1ccc(N2CC(C(=O)Nc3ccccc3C(=O)NCc3ccco3)CC2=O)c(F)c1. The van der Waals surface area contributed by atoms with Crippen LogP contribution in [0, 0.1) is 18.7 Å². The highest BCUT2D eigenvalue weighted by Gasteiger charge is 2.36. The van der Waals surface area contributed by atoms with Crippen molar-refractivity contribution in [3.05, 3.63) is 83.6 Å². The molecule has 0 aliphatic carbocycles. The quantitative estimate of drug-likeness (QED) is 0.618. The molecule has 0 radical (unpaired) electrons. The molecule has 1 fully saturated rings. The second kappa shape index (κ2) is 9.05. The van der Waals surface area contributed by atoms with E-state index in [9.17, 15) is 18.8 Å². The Morgan fingerprint density at radius 2 is 1.97 bits per heavy atom. The minimum Gasteiger partial charge on any atom is -0.467 e. The number of carbonyl (C=O) groups is 3. The molecule has 1 aliphatic rings. The third-order valence-corrected chi connectivity index (χ3v) is 5.32. The van der Waals surface area contributed by atoms with Gasteiger partial charge in [0, 0.05) is 13.0 Å². The van der Waals surface area contributed by atoms with E-state index in [2.05, 4.69) is 10.6 Å². The fraction of sp³-hybridized carbons (Fsp3) is 0.208. The van der Waals surface area contributed by atoms with Gasteiger partial charge in [-0.3, -0.25) is 14.4 Å². The van der Waals surface area contributed by atoms with Crippen molar-refractivity contribution in [3.63, 3.8) is 0 Å². The number of furan rings is 1. The Balaban J connectivity index is 1.44. The van der Waals surface area contributed by atoms with Crippen LogP contribution in [0.15, 0.2) is 65.3 Å². The Morgan fingerprint density at radius 3 is 2.72 bits per heavy atom. The largest absolute Gasteiger partial charge is 0.467 e. The molecule has 4 rings (SSSR count). The average molecular weight is 435 g/mol. The molecule has 3 amide bonds. The van der Waals surface area contributed by atoms with Gasteiger partial charge in [-0.2, -0.15) is 0 Å². The van der Waals surface area contributed by atoms with Gasteiger partial charge >= 0.3 is 0 Å². The number of hydrogen-bond donors (Lipinski definition) is 2. The molecule has 1 aromatic heterocycles. The number of rotatable bonds is 6. The van der Waals surface area contributed by atoms with Crippen molar-refractivity contribution in [2.75, 3.05) is 16.8 Å². The molecule has 1 saturated heterocycles. The van der Waals surface area contributed by atoms with Crippen LogP contribution in [0.4, 0.5) is 15.8 Å². The van der Waals surface area contributed by atoms with E-state index in [0.29, 0.717) is 11.4 Å². The lowest BCUT2D eigenvalue weighted by atomic mass is 10.1. The van der Waals surface area contributed by atoms with Crippen molar-refractivity contribution in [3.8, 4) is 0 Å². The maximum absolute atomic E-state index is 14.3. The van der Waals surface area contributed by atoms with Crippen LogP contribution in [0.2, 0.25) is 0 Å². The van der Waals surface area contributed by atoms with E-state index in [0.717, 1.165) is 5.56 Å². The summed E-state index contributed by atoms with van der Waals surface area (Å²) >= 11 is 0. The molecule has 2 N–H and O–H groups in total. The number of hydrogen-bond acceptors (Lipinski definition) is 4. The summed E-state index contributed by atoms with van der Waals surface area (Å²) in [6.07, 6.45) is 1.48. The maximum Gasteiger partial charge on any atom is 0.253 e. The van der Waals surface area contributed by atoms with Gasteiger partial charge < -0.3 is 20.0 Å². The minimum absolute atomic E-state index is 0.0357. The number of anilines is 2. The lowest BCUT2D eigenvalue weighted by Crippen LogP contribution is -2.30. The highest BCUT2D eigenvalue weighted by Crippen LogP contribution is 2.29. The zero-order valence-corrected chi connectivity index (χ0v) is 17.4. The zero-order valence-electron chi connectivity index (χ0n) is 17.4. The van der Waals surface area contributed by atoms with Crippen molar-refractivity contribution < 1.29 is 23.2 Å². The number of benzene rings is 2. The number of halogens is 1. The molecule has 0 saturated carbocycles. The fourth-order valence-electron chi connectivity index (χ4n) is 3.65. The van der Waals surface area contributed by atoms with Gasteiger partial charge in [0.25, 0.3) is 5.91 Å². The van der Waals surface area contributed by atoms with E-state index in [1.54, 1.807) is 55.5 Å². The second-order valence-corrected chi connectivity index (χ2v) is 7.66. The summed E-state index contributed by atoms with van der Waals surface area (Å²) in [5.74, 6) is -1.66. The van der Waals surface area contributed by atoms with Gasteiger partial charge in [0.1, 0.15) is 11.6 Å². The summed E-state index contributed by atoms with van der Waals surface area (Å²) in [5, 5.41) is 5.49. The van der Waals surface area contributed by atoms with Crippen molar-refractivity contribution >= 4 is 29.1 Å². The second-order valence-electron chi connectivity index (χ2n) is 7.66. The maximum atomic E-state index is 14.3. The minimum atomic E-state index is -0.664. The van der Waals surface area contributed by atoms with E-state index < -0.39 is 17.6 Å². The molecule has 2 aromatic carbocycles. The van der Waals surface area contributed by atoms with E-state index in [1.165, 1.54) is 17.2 Å². The monoisotopic (exact) mass is 435 g/mol. The van der Waals surface area contributed by atoms with E-state index in [4.69, 9.17) is 4.42 Å². The number of aryl methyl sites for hydroxylation is 1. The van der Waals surface area contributed by atoms with Crippen LogP contribution in [0.3, 0.4) is 0 Å². The Labute approximate surface area is 184 Å². The van der Waals surface area contributed by atoms with Crippen LogP contribution < -0.4 is 15.5 Å². The summed E-state index contributed by atoms with van der Waals surface area (Å²) in [5.41, 5.74) is 1.53. The van der Waals surface area contributed by atoms with Crippen molar-refractivity contribution in [2.24, 2.45) is 5.92 Å². The molecule has 2 heterocycles. The third kappa shape index (κ3) is 4.54. The fourth-order valence-corrected chi connectivity index (χ4v) is 3.65. The Kier molecular flexibility index (Phi) is 6.02. The van der Waals surface area contributed by atoms with Crippen LogP contribution in [-0.4, -0.2) is 24.3 Å². The highest BCUT2D eigenvalue weighted by molar-refractivity contribution is 6.07. The Morgan fingerprint density at radius 1 is 1.16 bits per heavy atom. The van der Waals surface area contributed by atoms with E-state index >= 15 is 0 Å². The van der Waals surface area contributed by atoms with E-state index in [1.807, 2.05) is 0 Å². The molecule has 32 heavy (non-hydrogen) atoms. The van der Waals surface area contributed by atoms with Crippen LogP contribution >= 0.6 is 0 Å². The molecule has 8 heteroatoms. The number of para-hydroxylation sites is 1. The summed E-state index contributed by atoms with van der Waals surface area (Å²) in [6, 6.07) is 14.7.